The van der Waals surface area contributed by atoms with Crippen molar-refractivity contribution in [1.82, 2.24) is 10.2 Å². The number of rotatable bonds is 8. The molecule has 0 saturated carbocycles. The van der Waals surface area contributed by atoms with Crippen molar-refractivity contribution in [2.24, 2.45) is 0 Å². The van der Waals surface area contributed by atoms with Gasteiger partial charge in [0.25, 0.3) is 0 Å². The van der Waals surface area contributed by atoms with E-state index in [1.807, 2.05) is 0 Å². The normalized spacial score (nSPS) is 11.6. The Bertz CT molecular complexity index is 529. The molecule has 0 aliphatic rings. The molecule has 110 valence electrons. The van der Waals surface area contributed by atoms with Gasteiger partial charge in [-0.25, -0.2) is 0 Å². The fourth-order valence-corrected chi connectivity index (χ4v) is 2.48. The van der Waals surface area contributed by atoms with E-state index < -0.39 is 0 Å². The Hall–Kier alpha value is -1.32. The second-order valence-corrected chi connectivity index (χ2v) is 5.31. The van der Waals surface area contributed by atoms with Crippen LogP contribution < -0.4 is 5.32 Å². The molecule has 3 heteroatoms. The van der Waals surface area contributed by atoms with Crippen LogP contribution in [0.15, 0.2) is 28.7 Å². The number of nitrogens with one attached hydrogen (secondary N) is 1. The molecule has 1 N–H and O–H groups in total. The van der Waals surface area contributed by atoms with Gasteiger partial charge < -0.3 is 14.6 Å². The van der Waals surface area contributed by atoms with E-state index in [0.29, 0.717) is 0 Å². The number of hydrogen-bond acceptors (Lipinski definition) is 3. The predicted molar refractivity (Wildman–Crippen MR) is 85.1 cm³/mol. The van der Waals surface area contributed by atoms with Crippen molar-refractivity contribution in [3.05, 3.63) is 35.6 Å². The standard InChI is InChI=1S/C17H26N2O/c1-4-19(5-2)10-6-9-18-13-16-12-15-11-14(3)7-8-17(15)20-16/h7-8,11-12,18H,4-6,9-10,13H2,1-3H3. The third-order valence-electron chi connectivity index (χ3n) is 3.74. The monoisotopic (exact) mass is 274 g/mol. The number of fused-ring (bicyclic) bond motifs is 1. The average Bonchev–Trinajstić information content (AvgIpc) is 2.84. The van der Waals surface area contributed by atoms with E-state index in [1.54, 1.807) is 0 Å². The van der Waals surface area contributed by atoms with Crippen molar-refractivity contribution < 1.29 is 4.42 Å². The molecular weight excluding hydrogens is 248 g/mol. The van der Waals surface area contributed by atoms with Crippen LogP contribution in [0, 0.1) is 6.92 Å². The topological polar surface area (TPSA) is 28.4 Å². The molecule has 1 heterocycles. The summed E-state index contributed by atoms with van der Waals surface area (Å²) < 4.78 is 5.82. The molecular formula is C17H26N2O. The first-order chi connectivity index (χ1) is 9.72. The molecule has 0 amide bonds. The summed E-state index contributed by atoms with van der Waals surface area (Å²) in [6, 6.07) is 8.45. The molecule has 0 saturated heterocycles. The molecule has 0 atom stereocenters. The third-order valence-corrected chi connectivity index (χ3v) is 3.74. The molecule has 0 aliphatic heterocycles. The molecule has 0 radical (unpaired) electrons. The van der Waals surface area contributed by atoms with Crippen LogP contribution in [0.2, 0.25) is 0 Å². The quantitative estimate of drug-likeness (QED) is 0.746. The lowest BCUT2D eigenvalue weighted by molar-refractivity contribution is 0.297. The average molecular weight is 274 g/mol. The largest absolute Gasteiger partial charge is 0.460 e. The van der Waals surface area contributed by atoms with Crippen molar-refractivity contribution in [2.45, 2.75) is 33.7 Å². The van der Waals surface area contributed by atoms with Gasteiger partial charge in [0.1, 0.15) is 11.3 Å². The molecule has 2 rings (SSSR count). The smallest absolute Gasteiger partial charge is 0.134 e. The zero-order valence-electron chi connectivity index (χ0n) is 12.9. The molecule has 2 aromatic rings. The van der Waals surface area contributed by atoms with Crippen LogP contribution in [0.25, 0.3) is 11.0 Å². The molecule has 0 aliphatic carbocycles. The van der Waals surface area contributed by atoms with Crippen LogP contribution in [0.1, 0.15) is 31.6 Å². The fraction of sp³-hybridized carbons (Fsp3) is 0.529. The van der Waals surface area contributed by atoms with E-state index >= 15 is 0 Å². The summed E-state index contributed by atoms with van der Waals surface area (Å²) in [7, 11) is 0. The van der Waals surface area contributed by atoms with Crippen LogP contribution in [-0.4, -0.2) is 31.1 Å². The Balaban J connectivity index is 1.75. The number of furan rings is 1. The first kappa shape index (κ1) is 15.1. The van der Waals surface area contributed by atoms with E-state index in [1.165, 1.54) is 23.9 Å². The Morgan fingerprint density at radius 2 is 1.95 bits per heavy atom. The fourth-order valence-electron chi connectivity index (χ4n) is 2.48. The first-order valence-electron chi connectivity index (χ1n) is 7.65. The van der Waals surface area contributed by atoms with Gasteiger partial charge >= 0.3 is 0 Å². The number of hydrogen-bond donors (Lipinski definition) is 1. The lowest BCUT2D eigenvalue weighted by Crippen LogP contribution is -2.27. The molecule has 0 spiro atoms. The lowest BCUT2D eigenvalue weighted by Gasteiger charge is -2.17. The summed E-state index contributed by atoms with van der Waals surface area (Å²) in [5.74, 6) is 1.02. The Kier molecular flexibility index (Phi) is 5.62. The molecule has 20 heavy (non-hydrogen) atoms. The second kappa shape index (κ2) is 7.46. The van der Waals surface area contributed by atoms with Gasteiger partial charge in [0.15, 0.2) is 0 Å². The Morgan fingerprint density at radius 3 is 2.70 bits per heavy atom. The number of benzene rings is 1. The Morgan fingerprint density at radius 1 is 1.15 bits per heavy atom. The van der Waals surface area contributed by atoms with E-state index in [0.717, 1.165) is 37.5 Å². The van der Waals surface area contributed by atoms with Crippen LogP contribution in [0.5, 0.6) is 0 Å². The molecule has 1 aromatic heterocycles. The van der Waals surface area contributed by atoms with Gasteiger partial charge in [0.2, 0.25) is 0 Å². The van der Waals surface area contributed by atoms with Crippen LogP contribution in [0.3, 0.4) is 0 Å². The maximum atomic E-state index is 5.82. The van der Waals surface area contributed by atoms with Crippen LogP contribution >= 0.6 is 0 Å². The highest BCUT2D eigenvalue weighted by Gasteiger charge is 2.03. The highest BCUT2D eigenvalue weighted by atomic mass is 16.3. The summed E-state index contributed by atoms with van der Waals surface area (Å²) in [5, 5.41) is 4.66. The minimum atomic E-state index is 0.811. The Labute approximate surface area is 122 Å². The van der Waals surface area contributed by atoms with E-state index in [2.05, 4.69) is 55.3 Å². The van der Waals surface area contributed by atoms with Crippen LogP contribution in [0.4, 0.5) is 0 Å². The van der Waals surface area contributed by atoms with E-state index in [4.69, 9.17) is 4.42 Å². The van der Waals surface area contributed by atoms with Crippen molar-refractivity contribution in [3.8, 4) is 0 Å². The van der Waals surface area contributed by atoms with Gasteiger partial charge in [-0.1, -0.05) is 25.5 Å². The minimum Gasteiger partial charge on any atom is -0.460 e. The maximum absolute atomic E-state index is 5.82. The van der Waals surface area contributed by atoms with E-state index in [-0.39, 0.29) is 0 Å². The number of nitrogens with zero attached hydrogens (tertiary/aromatic N) is 1. The van der Waals surface area contributed by atoms with Gasteiger partial charge in [0, 0.05) is 5.39 Å². The molecule has 0 bridgehead atoms. The molecule has 3 nitrogen and oxygen atoms in total. The SMILES string of the molecule is CCN(CC)CCCNCc1cc2cc(C)ccc2o1. The van der Waals surface area contributed by atoms with Gasteiger partial charge in [-0.3, -0.25) is 0 Å². The van der Waals surface area contributed by atoms with Crippen molar-refractivity contribution in [2.75, 3.05) is 26.2 Å². The predicted octanol–water partition coefficient (Wildman–Crippen LogP) is 3.56. The molecule has 1 aromatic carbocycles. The van der Waals surface area contributed by atoms with Crippen molar-refractivity contribution in [3.63, 3.8) is 0 Å². The molecule has 0 fully saturated rings. The van der Waals surface area contributed by atoms with Gasteiger partial charge in [-0.2, -0.15) is 0 Å². The zero-order chi connectivity index (χ0) is 14.4. The first-order valence-corrected chi connectivity index (χ1v) is 7.65. The zero-order valence-corrected chi connectivity index (χ0v) is 12.9. The van der Waals surface area contributed by atoms with Gasteiger partial charge in [0.05, 0.1) is 6.54 Å². The van der Waals surface area contributed by atoms with E-state index in [9.17, 15) is 0 Å². The van der Waals surface area contributed by atoms with Gasteiger partial charge in [-0.15, -0.1) is 0 Å². The summed E-state index contributed by atoms with van der Waals surface area (Å²) in [6.07, 6.45) is 1.18. The highest BCUT2D eigenvalue weighted by molar-refractivity contribution is 5.78. The highest BCUT2D eigenvalue weighted by Crippen LogP contribution is 2.20. The van der Waals surface area contributed by atoms with Crippen molar-refractivity contribution in [1.29, 1.82) is 0 Å². The number of aryl methyl sites for hydroxylation is 1. The maximum Gasteiger partial charge on any atom is 0.134 e. The second-order valence-electron chi connectivity index (χ2n) is 5.31. The summed E-state index contributed by atoms with van der Waals surface area (Å²) in [5.41, 5.74) is 2.26. The summed E-state index contributed by atoms with van der Waals surface area (Å²) in [6.45, 7) is 11.8. The van der Waals surface area contributed by atoms with Crippen molar-refractivity contribution >= 4 is 11.0 Å². The third kappa shape index (κ3) is 4.09. The minimum absolute atomic E-state index is 0.811. The van der Waals surface area contributed by atoms with Gasteiger partial charge in [-0.05, 0) is 57.7 Å². The van der Waals surface area contributed by atoms with Crippen LogP contribution in [-0.2, 0) is 6.54 Å². The summed E-state index contributed by atoms with van der Waals surface area (Å²) >= 11 is 0. The molecule has 0 unspecified atom stereocenters. The summed E-state index contributed by atoms with van der Waals surface area (Å²) in [4.78, 5) is 2.45. The lowest BCUT2D eigenvalue weighted by atomic mass is 10.2.